The van der Waals surface area contributed by atoms with E-state index in [1.54, 1.807) is 19.1 Å². The van der Waals surface area contributed by atoms with Crippen molar-refractivity contribution in [3.8, 4) is 0 Å². The Labute approximate surface area is 108 Å². The van der Waals surface area contributed by atoms with Crippen LogP contribution in [0.25, 0.3) is 5.57 Å². The van der Waals surface area contributed by atoms with Crippen LogP contribution < -0.4 is 0 Å². The zero-order valence-corrected chi connectivity index (χ0v) is 10.5. The highest BCUT2D eigenvalue weighted by Crippen LogP contribution is 2.28. The Morgan fingerprint density at radius 2 is 2.17 bits per heavy atom. The van der Waals surface area contributed by atoms with Crippen LogP contribution in [-0.2, 0) is 4.79 Å². The van der Waals surface area contributed by atoms with Crippen molar-refractivity contribution in [1.82, 2.24) is 0 Å². The van der Waals surface area contributed by atoms with Gasteiger partial charge in [0.25, 0.3) is 0 Å². The minimum absolute atomic E-state index is 0.292. The minimum atomic E-state index is -1.01. The lowest BCUT2D eigenvalue weighted by molar-refractivity contribution is -0.131. The maximum atomic E-state index is 13.2. The van der Waals surface area contributed by atoms with Gasteiger partial charge >= 0.3 is 5.97 Å². The highest BCUT2D eigenvalue weighted by atomic mass is 32.1. The zero-order chi connectivity index (χ0) is 13.1. The molecule has 0 atom stereocenters. The average molecular weight is 262 g/mol. The van der Waals surface area contributed by atoms with E-state index in [1.807, 2.05) is 17.5 Å². The van der Waals surface area contributed by atoms with Crippen LogP contribution in [0.15, 0.2) is 41.8 Å². The second-order valence-corrected chi connectivity index (χ2v) is 4.79. The van der Waals surface area contributed by atoms with Crippen molar-refractivity contribution in [1.29, 1.82) is 0 Å². The van der Waals surface area contributed by atoms with E-state index >= 15 is 0 Å². The first-order valence-electron chi connectivity index (χ1n) is 5.33. The number of carboxylic acids is 1. The summed E-state index contributed by atoms with van der Waals surface area (Å²) in [5.74, 6) is -1.31. The number of thiophene rings is 1. The number of hydrogen-bond acceptors (Lipinski definition) is 2. The molecule has 0 bridgehead atoms. The van der Waals surface area contributed by atoms with Crippen LogP contribution in [0.3, 0.4) is 0 Å². The molecular weight excluding hydrogens is 251 g/mol. The monoisotopic (exact) mass is 262 g/mol. The number of halogens is 1. The smallest absolute Gasteiger partial charge is 0.328 e. The topological polar surface area (TPSA) is 37.3 Å². The maximum Gasteiger partial charge on any atom is 0.328 e. The molecule has 4 heteroatoms. The quantitative estimate of drug-likeness (QED) is 0.856. The van der Waals surface area contributed by atoms with E-state index in [0.29, 0.717) is 16.7 Å². The summed E-state index contributed by atoms with van der Waals surface area (Å²) < 4.78 is 13.2. The van der Waals surface area contributed by atoms with Crippen LogP contribution in [0.4, 0.5) is 4.39 Å². The van der Waals surface area contributed by atoms with Gasteiger partial charge in [-0.3, -0.25) is 0 Å². The molecule has 0 amide bonds. The number of aryl methyl sites for hydroxylation is 1. The molecule has 0 aliphatic carbocycles. The molecule has 0 aliphatic rings. The molecule has 2 nitrogen and oxygen atoms in total. The zero-order valence-electron chi connectivity index (χ0n) is 9.68. The van der Waals surface area contributed by atoms with E-state index in [1.165, 1.54) is 17.4 Å². The van der Waals surface area contributed by atoms with Gasteiger partial charge in [-0.2, -0.15) is 0 Å². The molecule has 0 spiro atoms. The van der Waals surface area contributed by atoms with Gasteiger partial charge in [0.2, 0.25) is 0 Å². The molecule has 92 valence electrons. The molecule has 1 aromatic carbocycles. The van der Waals surface area contributed by atoms with E-state index in [9.17, 15) is 9.18 Å². The normalized spacial score (nSPS) is 11.6. The van der Waals surface area contributed by atoms with Crippen LogP contribution in [0.2, 0.25) is 0 Å². The van der Waals surface area contributed by atoms with Crippen molar-refractivity contribution < 1.29 is 14.3 Å². The fourth-order valence-corrected chi connectivity index (χ4v) is 2.43. The lowest BCUT2D eigenvalue weighted by Gasteiger charge is -2.06. The molecule has 0 unspecified atom stereocenters. The van der Waals surface area contributed by atoms with E-state index in [2.05, 4.69) is 0 Å². The van der Waals surface area contributed by atoms with Crippen LogP contribution in [0.1, 0.15) is 16.0 Å². The summed E-state index contributed by atoms with van der Waals surface area (Å²) in [6.45, 7) is 1.66. The summed E-state index contributed by atoms with van der Waals surface area (Å²) in [4.78, 5) is 11.7. The van der Waals surface area contributed by atoms with Gasteiger partial charge in [0.05, 0.1) is 0 Å². The van der Waals surface area contributed by atoms with E-state index in [4.69, 9.17) is 5.11 Å². The Morgan fingerprint density at radius 3 is 2.72 bits per heavy atom. The van der Waals surface area contributed by atoms with Gasteiger partial charge in [-0.05, 0) is 41.6 Å². The van der Waals surface area contributed by atoms with Gasteiger partial charge in [0.1, 0.15) is 5.82 Å². The SMILES string of the molecule is Cc1cc(/C(=C/C(=O)O)c2cccs2)ccc1F. The van der Waals surface area contributed by atoms with Crippen LogP contribution >= 0.6 is 11.3 Å². The van der Waals surface area contributed by atoms with Crippen molar-refractivity contribution in [2.24, 2.45) is 0 Å². The summed E-state index contributed by atoms with van der Waals surface area (Å²) in [6, 6.07) is 8.30. The van der Waals surface area contributed by atoms with Crippen LogP contribution in [0, 0.1) is 12.7 Å². The van der Waals surface area contributed by atoms with E-state index in [-0.39, 0.29) is 5.82 Å². The molecule has 1 heterocycles. The van der Waals surface area contributed by atoms with Gasteiger partial charge in [0.15, 0.2) is 0 Å². The second-order valence-electron chi connectivity index (χ2n) is 3.84. The van der Waals surface area contributed by atoms with E-state index in [0.717, 1.165) is 11.0 Å². The van der Waals surface area contributed by atoms with Crippen molar-refractivity contribution in [3.63, 3.8) is 0 Å². The largest absolute Gasteiger partial charge is 0.478 e. The number of carboxylic acid groups (broad SMARTS) is 1. The lowest BCUT2D eigenvalue weighted by Crippen LogP contribution is -1.94. The highest BCUT2D eigenvalue weighted by molar-refractivity contribution is 7.11. The molecule has 0 aliphatic heterocycles. The summed E-state index contributed by atoms with van der Waals surface area (Å²) in [5, 5.41) is 10.8. The van der Waals surface area contributed by atoms with Crippen molar-refractivity contribution >= 4 is 22.9 Å². The Bertz CT molecular complexity index is 600. The maximum absolute atomic E-state index is 13.2. The highest BCUT2D eigenvalue weighted by Gasteiger charge is 2.09. The molecular formula is C14H11FO2S. The Kier molecular flexibility index (Phi) is 3.58. The van der Waals surface area contributed by atoms with Gasteiger partial charge in [-0.15, -0.1) is 11.3 Å². The molecule has 2 rings (SSSR count). The van der Waals surface area contributed by atoms with Crippen molar-refractivity contribution in [3.05, 3.63) is 63.6 Å². The second kappa shape index (κ2) is 5.14. The molecule has 1 aromatic heterocycles. The Hall–Kier alpha value is -1.94. The number of hydrogen-bond donors (Lipinski definition) is 1. The van der Waals surface area contributed by atoms with E-state index < -0.39 is 5.97 Å². The van der Waals surface area contributed by atoms with Gasteiger partial charge in [-0.1, -0.05) is 12.1 Å². The molecule has 0 saturated carbocycles. The van der Waals surface area contributed by atoms with Gasteiger partial charge in [0, 0.05) is 16.5 Å². The van der Waals surface area contributed by atoms with Crippen molar-refractivity contribution in [2.45, 2.75) is 6.92 Å². The average Bonchev–Trinajstić information content (AvgIpc) is 2.83. The third kappa shape index (κ3) is 2.65. The molecule has 1 N–H and O–H groups in total. The molecule has 18 heavy (non-hydrogen) atoms. The fraction of sp³-hybridized carbons (Fsp3) is 0.0714. The number of carbonyl (C=O) groups is 1. The molecule has 0 fully saturated rings. The summed E-state index contributed by atoms with van der Waals surface area (Å²) >= 11 is 1.45. The summed E-state index contributed by atoms with van der Waals surface area (Å²) in [6.07, 6.45) is 1.15. The lowest BCUT2D eigenvalue weighted by atomic mass is 10.0. The van der Waals surface area contributed by atoms with Gasteiger partial charge in [-0.25, -0.2) is 9.18 Å². The first-order valence-corrected chi connectivity index (χ1v) is 6.21. The van der Waals surface area contributed by atoms with Crippen LogP contribution in [0.5, 0.6) is 0 Å². The van der Waals surface area contributed by atoms with Gasteiger partial charge < -0.3 is 5.11 Å². The third-order valence-electron chi connectivity index (χ3n) is 2.52. The first-order chi connectivity index (χ1) is 8.58. The standard InChI is InChI=1S/C14H11FO2S/c1-9-7-10(4-5-12(9)15)11(8-14(16)17)13-3-2-6-18-13/h2-8H,1H3,(H,16,17)/b11-8-. The molecule has 0 saturated heterocycles. The minimum Gasteiger partial charge on any atom is -0.478 e. The Balaban J connectivity index is 2.54. The summed E-state index contributed by atoms with van der Waals surface area (Å²) in [5.41, 5.74) is 1.81. The fourth-order valence-electron chi connectivity index (χ4n) is 1.66. The molecule has 0 radical (unpaired) electrons. The van der Waals surface area contributed by atoms with Crippen LogP contribution in [-0.4, -0.2) is 11.1 Å². The summed E-state index contributed by atoms with van der Waals surface area (Å²) in [7, 11) is 0. The first kappa shape index (κ1) is 12.5. The number of rotatable bonds is 3. The van der Waals surface area contributed by atoms with Crippen molar-refractivity contribution in [2.75, 3.05) is 0 Å². The predicted molar refractivity (Wildman–Crippen MR) is 70.2 cm³/mol. The predicted octanol–water partition coefficient (Wildman–Crippen LogP) is 3.71. The Morgan fingerprint density at radius 1 is 1.39 bits per heavy atom. The third-order valence-corrected chi connectivity index (χ3v) is 3.43. The number of benzene rings is 1. The number of aliphatic carboxylic acids is 1. The molecule has 2 aromatic rings.